The maximum Gasteiger partial charge on any atom is 0.329 e. The molecule has 0 spiro atoms. The molecule has 2 aromatic carbocycles. The van der Waals surface area contributed by atoms with Gasteiger partial charge in [-0.2, -0.15) is 0 Å². The number of benzene rings is 2. The second-order valence-electron chi connectivity index (χ2n) is 8.33. The predicted molar refractivity (Wildman–Crippen MR) is 128 cm³/mol. The van der Waals surface area contributed by atoms with Gasteiger partial charge in [-0.3, -0.25) is 19.0 Å². The first-order valence-electron chi connectivity index (χ1n) is 11.1. The van der Waals surface area contributed by atoms with E-state index in [4.69, 9.17) is 0 Å². The summed E-state index contributed by atoms with van der Waals surface area (Å²) in [6.07, 6.45) is 2.40. The van der Waals surface area contributed by atoms with Crippen molar-refractivity contribution in [1.82, 2.24) is 14.9 Å². The Labute approximate surface area is 190 Å². The first kappa shape index (κ1) is 22.3. The Morgan fingerprint density at radius 2 is 1.79 bits per heavy atom. The molecule has 0 saturated carbocycles. The molecule has 2 amide bonds. The van der Waals surface area contributed by atoms with Crippen LogP contribution in [0.1, 0.15) is 26.2 Å². The molecule has 1 atom stereocenters. The fourth-order valence-electron chi connectivity index (χ4n) is 4.10. The van der Waals surface area contributed by atoms with E-state index in [-0.39, 0.29) is 12.3 Å². The van der Waals surface area contributed by atoms with E-state index in [1.54, 1.807) is 31.2 Å². The molecule has 9 heteroatoms. The quantitative estimate of drug-likeness (QED) is 0.509. The monoisotopic (exact) mass is 449 g/mol. The molecule has 0 aliphatic carbocycles. The van der Waals surface area contributed by atoms with Gasteiger partial charge in [0.1, 0.15) is 6.54 Å². The number of carbonyl (C=O) groups excluding carboxylic acids is 2. The molecule has 1 aliphatic rings. The lowest BCUT2D eigenvalue weighted by molar-refractivity contribution is -0.122. The minimum atomic E-state index is -0.655. The first-order chi connectivity index (χ1) is 15.9. The van der Waals surface area contributed by atoms with E-state index in [1.807, 2.05) is 24.3 Å². The standard InChI is InChI=1S/C24H27N5O4/c1-16(13-21(30)26-17-7-6-8-18(14-17)28-11-4-5-12-28)25-22(31)15-29-23(32)19-9-2-3-10-20(19)27-24(29)33/h2-3,6-10,14,16H,4-5,11-13,15H2,1H3,(H,25,31)(H,26,30)(H,27,33). The highest BCUT2D eigenvalue weighted by Crippen LogP contribution is 2.23. The number of nitrogens with one attached hydrogen (secondary N) is 3. The number of hydrogen-bond donors (Lipinski definition) is 3. The molecule has 1 saturated heterocycles. The van der Waals surface area contributed by atoms with Gasteiger partial charge in [-0.1, -0.05) is 18.2 Å². The van der Waals surface area contributed by atoms with E-state index in [0.717, 1.165) is 23.3 Å². The topological polar surface area (TPSA) is 116 Å². The fourth-order valence-corrected chi connectivity index (χ4v) is 4.10. The number of hydrogen-bond acceptors (Lipinski definition) is 5. The molecule has 3 aromatic rings. The number of amides is 2. The molecule has 1 aromatic heterocycles. The van der Waals surface area contributed by atoms with Crippen molar-refractivity contribution in [2.75, 3.05) is 23.3 Å². The molecule has 33 heavy (non-hydrogen) atoms. The third-order valence-electron chi connectivity index (χ3n) is 5.69. The Balaban J connectivity index is 1.34. The van der Waals surface area contributed by atoms with E-state index in [0.29, 0.717) is 16.6 Å². The number of H-pyrrole nitrogens is 1. The summed E-state index contributed by atoms with van der Waals surface area (Å²) in [6, 6.07) is 13.9. The number of nitrogens with zero attached hydrogens (tertiary/aromatic N) is 2. The van der Waals surface area contributed by atoms with Crippen molar-refractivity contribution < 1.29 is 9.59 Å². The molecule has 1 aliphatic heterocycles. The maximum absolute atomic E-state index is 12.6. The van der Waals surface area contributed by atoms with Gasteiger partial charge in [0.05, 0.1) is 10.9 Å². The van der Waals surface area contributed by atoms with Crippen LogP contribution < -0.4 is 26.8 Å². The molecule has 3 N–H and O–H groups in total. The molecule has 4 rings (SSSR count). The highest BCUT2D eigenvalue weighted by atomic mass is 16.2. The van der Waals surface area contributed by atoms with Crippen molar-refractivity contribution in [3.05, 3.63) is 69.4 Å². The van der Waals surface area contributed by atoms with Crippen LogP contribution in [0.3, 0.4) is 0 Å². The number of anilines is 2. The molecule has 1 fully saturated rings. The van der Waals surface area contributed by atoms with Crippen LogP contribution in [0.25, 0.3) is 10.9 Å². The Kier molecular flexibility index (Phi) is 6.58. The summed E-state index contributed by atoms with van der Waals surface area (Å²) in [6.45, 7) is 3.31. The molecular formula is C24H27N5O4. The Hall–Kier alpha value is -3.88. The van der Waals surface area contributed by atoms with Crippen molar-refractivity contribution in [3.63, 3.8) is 0 Å². The van der Waals surface area contributed by atoms with Crippen molar-refractivity contribution in [2.45, 2.75) is 38.8 Å². The fraction of sp³-hybridized carbons (Fsp3) is 0.333. The summed E-state index contributed by atoms with van der Waals surface area (Å²) in [7, 11) is 0. The van der Waals surface area contributed by atoms with Gasteiger partial charge in [0, 0.05) is 36.9 Å². The molecule has 9 nitrogen and oxygen atoms in total. The van der Waals surface area contributed by atoms with Crippen LogP contribution in [0.2, 0.25) is 0 Å². The van der Waals surface area contributed by atoms with Crippen LogP contribution >= 0.6 is 0 Å². The number of aromatic nitrogens is 2. The van der Waals surface area contributed by atoms with Gasteiger partial charge in [-0.15, -0.1) is 0 Å². The third kappa shape index (κ3) is 5.31. The summed E-state index contributed by atoms with van der Waals surface area (Å²) in [5, 5.41) is 5.88. The van der Waals surface area contributed by atoms with Crippen LogP contribution in [-0.2, 0) is 16.1 Å². The summed E-state index contributed by atoms with van der Waals surface area (Å²) < 4.78 is 0.855. The molecule has 2 heterocycles. The highest BCUT2D eigenvalue weighted by Gasteiger charge is 2.16. The van der Waals surface area contributed by atoms with Crippen LogP contribution in [0.4, 0.5) is 11.4 Å². The van der Waals surface area contributed by atoms with Crippen molar-refractivity contribution in [2.24, 2.45) is 0 Å². The largest absolute Gasteiger partial charge is 0.371 e. The van der Waals surface area contributed by atoms with Gasteiger partial charge in [-0.05, 0) is 50.1 Å². The SMILES string of the molecule is CC(CC(=O)Nc1cccc(N2CCCC2)c1)NC(=O)Cn1c(=O)[nH]c2ccccc2c1=O. The van der Waals surface area contributed by atoms with Crippen molar-refractivity contribution in [3.8, 4) is 0 Å². The van der Waals surface area contributed by atoms with Crippen molar-refractivity contribution >= 4 is 34.1 Å². The average Bonchev–Trinajstić information content (AvgIpc) is 3.31. The van der Waals surface area contributed by atoms with Crippen LogP contribution in [-0.4, -0.2) is 40.5 Å². The van der Waals surface area contributed by atoms with Crippen LogP contribution in [0.15, 0.2) is 58.1 Å². The number of aromatic amines is 1. The summed E-state index contributed by atoms with van der Waals surface area (Å²) in [4.78, 5) is 54.6. The number of fused-ring (bicyclic) bond motifs is 1. The lowest BCUT2D eigenvalue weighted by Gasteiger charge is -2.19. The maximum atomic E-state index is 12.6. The predicted octanol–water partition coefficient (Wildman–Crippen LogP) is 1.82. The second-order valence-corrected chi connectivity index (χ2v) is 8.33. The van der Waals surface area contributed by atoms with Gasteiger partial charge < -0.3 is 20.5 Å². The second kappa shape index (κ2) is 9.72. The zero-order chi connectivity index (χ0) is 23.4. The highest BCUT2D eigenvalue weighted by molar-refractivity contribution is 5.92. The van der Waals surface area contributed by atoms with E-state index < -0.39 is 29.7 Å². The molecule has 172 valence electrons. The summed E-state index contributed by atoms with van der Waals surface area (Å²) in [5.74, 6) is -0.753. The smallest absolute Gasteiger partial charge is 0.329 e. The number of para-hydroxylation sites is 1. The van der Waals surface area contributed by atoms with Gasteiger partial charge in [0.15, 0.2) is 0 Å². The first-order valence-corrected chi connectivity index (χ1v) is 11.1. The molecular weight excluding hydrogens is 422 g/mol. The lowest BCUT2D eigenvalue weighted by atomic mass is 10.2. The Bertz CT molecular complexity index is 1290. The minimum absolute atomic E-state index is 0.0582. The van der Waals surface area contributed by atoms with E-state index in [1.165, 1.54) is 12.8 Å². The Morgan fingerprint density at radius 3 is 2.58 bits per heavy atom. The zero-order valence-electron chi connectivity index (χ0n) is 18.5. The van der Waals surface area contributed by atoms with Crippen LogP contribution in [0.5, 0.6) is 0 Å². The summed E-state index contributed by atoms with van der Waals surface area (Å²) in [5.41, 5.74) is 1.02. The minimum Gasteiger partial charge on any atom is -0.371 e. The molecule has 1 unspecified atom stereocenters. The Morgan fingerprint density at radius 1 is 1.03 bits per heavy atom. The van der Waals surface area contributed by atoms with Crippen LogP contribution in [0, 0.1) is 0 Å². The number of carbonyl (C=O) groups is 2. The summed E-state index contributed by atoms with van der Waals surface area (Å²) >= 11 is 0. The van der Waals surface area contributed by atoms with E-state index in [9.17, 15) is 19.2 Å². The van der Waals surface area contributed by atoms with Gasteiger partial charge in [-0.25, -0.2) is 4.79 Å². The zero-order valence-corrected chi connectivity index (χ0v) is 18.5. The van der Waals surface area contributed by atoms with E-state index in [2.05, 4.69) is 20.5 Å². The van der Waals surface area contributed by atoms with Gasteiger partial charge in [0.2, 0.25) is 11.8 Å². The van der Waals surface area contributed by atoms with Crippen molar-refractivity contribution in [1.29, 1.82) is 0 Å². The molecule has 0 bridgehead atoms. The normalized spacial score (nSPS) is 14.3. The van der Waals surface area contributed by atoms with Gasteiger partial charge >= 0.3 is 5.69 Å². The van der Waals surface area contributed by atoms with Gasteiger partial charge in [0.25, 0.3) is 5.56 Å². The third-order valence-corrected chi connectivity index (χ3v) is 5.69. The number of rotatable bonds is 7. The molecule has 0 radical (unpaired) electrons. The van der Waals surface area contributed by atoms with E-state index >= 15 is 0 Å². The lowest BCUT2D eigenvalue weighted by Crippen LogP contribution is -2.43. The average molecular weight is 450 g/mol.